The Kier molecular flexibility index (Phi) is 5.33. The molecule has 6 nitrogen and oxygen atoms in total. The van der Waals surface area contributed by atoms with Crippen LogP contribution in [0.1, 0.15) is 24.5 Å². The summed E-state index contributed by atoms with van der Waals surface area (Å²) >= 11 is 0. The summed E-state index contributed by atoms with van der Waals surface area (Å²) in [5, 5.41) is 0. The summed E-state index contributed by atoms with van der Waals surface area (Å²) in [5.41, 5.74) is 2.27. The molecular formula is C24H27N3O3. The van der Waals surface area contributed by atoms with Crippen molar-refractivity contribution in [3.05, 3.63) is 65.7 Å². The van der Waals surface area contributed by atoms with Gasteiger partial charge in [0.25, 0.3) is 0 Å². The van der Waals surface area contributed by atoms with Gasteiger partial charge in [-0.15, -0.1) is 0 Å². The summed E-state index contributed by atoms with van der Waals surface area (Å²) in [6.45, 7) is 6.31. The van der Waals surface area contributed by atoms with E-state index in [2.05, 4.69) is 30.0 Å². The average Bonchev–Trinajstić information content (AvgIpc) is 2.98. The lowest BCUT2D eigenvalue weighted by Crippen LogP contribution is -2.52. The first kappa shape index (κ1) is 20.1. The molecule has 0 radical (unpaired) electrons. The Bertz CT molecular complexity index is 967. The van der Waals surface area contributed by atoms with Crippen LogP contribution in [-0.4, -0.2) is 60.2 Å². The summed E-state index contributed by atoms with van der Waals surface area (Å²) in [6, 6.07) is 17.7. The summed E-state index contributed by atoms with van der Waals surface area (Å²) in [4.78, 5) is 43.6. The van der Waals surface area contributed by atoms with E-state index in [0.717, 1.165) is 29.2 Å². The van der Waals surface area contributed by atoms with Gasteiger partial charge in [-0.25, -0.2) is 0 Å². The van der Waals surface area contributed by atoms with E-state index < -0.39 is 5.41 Å². The third-order valence-electron chi connectivity index (χ3n) is 6.23. The minimum absolute atomic E-state index is 0.101. The lowest BCUT2D eigenvalue weighted by atomic mass is 9.81. The van der Waals surface area contributed by atoms with Gasteiger partial charge in [0.05, 0.1) is 5.41 Å². The molecule has 4 rings (SSSR count). The lowest BCUT2D eigenvalue weighted by Gasteiger charge is -2.36. The van der Waals surface area contributed by atoms with Gasteiger partial charge in [-0.2, -0.15) is 0 Å². The van der Waals surface area contributed by atoms with E-state index in [4.69, 9.17) is 0 Å². The molecule has 2 aliphatic heterocycles. The fourth-order valence-electron chi connectivity index (χ4n) is 4.35. The quantitative estimate of drug-likeness (QED) is 0.733. The van der Waals surface area contributed by atoms with Crippen LogP contribution in [0.25, 0.3) is 0 Å². The van der Waals surface area contributed by atoms with Crippen molar-refractivity contribution in [3.63, 3.8) is 0 Å². The Morgan fingerprint density at radius 3 is 2.33 bits per heavy atom. The number of aryl methyl sites for hydroxylation is 1. The van der Waals surface area contributed by atoms with Gasteiger partial charge < -0.3 is 9.80 Å². The van der Waals surface area contributed by atoms with Gasteiger partial charge in [-0.1, -0.05) is 42.5 Å². The SMILES string of the molecule is Cc1cccc(N2CCN(C(=O)CN3C(=O)CC(C)(c4ccccc4)C3=O)CC2)c1. The van der Waals surface area contributed by atoms with Crippen LogP contribution >= 0.6 is 0 Å². The number of nitrogens with zero attached hydrogens (tertiary/aromatic N) is 3. The maximum atomic E-state index is 13.1. The molecule has 2 aromatic carbocycles. The fourth-order valence-corrected chi connectivity index (χ4v) is 4.35. The molecule has 0 N–H and O–H groups in total. The summed E-state index contributed by atoms with van der Waals surface area (Å²) in [7, 11) is 0. The number of carbonyl (C=O) groups is 3. The first-order chi connectivity index (χ1) is 14.4. The van der Waals surface area contributed by atoms with Gasteiger partial charge in [0.15, 0.2) is 0 Å². The van der Waals surface area contributed by atoms with Gasteiger partial charge in [0, 0.05) is 38.3 Å². The second kappa shape index (κ2) is 7.94. The number of hydrogen-bond acceptors (Lipinski definition) is 4. The van der Waals surface area contributed by atoms with Crippen molar-refractivity contribution in [1.82, 2.24) is 9.80 Å². The fraction of sp³-hybridized carbons (Fsp3) is 0.375. The zero-order valence-corrected chi connectivity index (χ0v) is 17.5. The lowest BCUT2D eigenvalue weighted by molar-refractivity contribution is -0.146. The van der Waals surface area contributed by atoms with Crippen molar-refractivity contribution in [2.75, 3.05) is 37.6 Å². The number of likely N-dealkylation sites (tertiary alicyclic amines) is 1. The highest BCUT2D eigenvalue weighted by atomic mass is 16.2. The molecular weight excluding hydrogens is 378 g/mol. The predicted octanol–water partition coefficient (Wildman–Crippen LogP) is 2.36. The standard InChI is InChI=1S/C24H27N3O3/c1-18-7-6-10-20(15-18)25-11-13-26(14-12-25)22(29)17-27-21(28)16-24(2,23(27)30)19-8-4-3-5-9-19/h3-10,15H,11-14,16-17H2,1-2H3. The van der Waals surface area contributed by atoms with Crippen molar-refractivity contribution in [1.29, 1.82) is 0 Å². The van der Waals surface area contributed by atoms with Crippen LogP contribution < -0.4 is 4.90 Å². The molecule has 0 aliphatic carbocycles. The van der Waals surface area contributed by atoms with Gasteiger partial charge in [0.1, 0.15) is 6.54 Å². The highest BCUT2D eigenvalue weighted by molar-refractivity contribution is 6.10. The molecule has 1 atom stereocenters. The third-order valence-corrected chi connectivity index (χ3v) is 6.23. The number of imide groups is 1. The Morgan fingerprint density at radius 2 is 1.67 bits per heavy atom. The van der Waals surface area contributed by atoms with Crippen molar-refractivity contribution in [2.45, 2.75) is 25.7 Å². The molecule has 6 heteroatoms. The van der Waals surface area contributed by atoms with Crippen LogP contribution in [0.2, 0.25) is 0 Å². The van der Waals surface area contributed by atoms with Crippen LogP contribution in [0.5, 0.6) is 0 Å². The van der Waals surface area contributed by atoms with E-state index in [1.807, 2.05) is 36.4 Å². The smallest absolute Gasteiger partial charge is 0.242 e. The number of hydrogen-bond donors (Lipinski definition) is 0. The number of anilines is 1. The second-order valence-electron chi connectivity index (χ2n) is 8.37. The molecule has 3 amide bonds. The van der Waals surface area contributed by atoms with Gasteiger partial charge in [-0.3, -0.25) is 19.3 Å². The Labute approximate surface area is 177 Å². The van der Waals surface area contributed by atoms with E-state index in [1.165, 1.54) is 5.56 Å². The first-order valence-corrected chi connectivity index (χ1v) is 10.4. The van der Waals surface area contributed by atoms with E-state index in [9.17, 15) is 14.4 Å². The van der Waals surface area contributed by atoms with Crippen LogP contribution in [-0.2, 0) is 19.8 Å². The average molecular weight is 405 g/mol. The molecule has 0 saturated carbocycles. The van der Waals surface area contributed by atoms with Gasteiger partial charge in [-0.05, 0) is 37.1 Å². The third kappa shape index (κ3) is 3.70. The maximum absolute atomic E-state index is 13.1. The number of rotatable bonds is 4. The summed E-state index contributed by atoms with van der Waals surface area (Å²) in [6.07, 6.45) is 0.101. The highest BCUT2D eigenvalue weighted by Gasteiger charge is 2.49. The van der Waals surface area contributed by atoms with Crippen molar-refractivity contribution >= 4 is 23.4 Å². The summed E-state index contributed by atoms with van der Waals surface area (Å²) in [5.74, 6) is -0.735. The maximum Gasteiger partial charge on any atom is 0.242 e. The zero-order valence-electron chi connectivity index (χ0n) is 17.5. The van der Waals surface area contributed by atoms with Crippen molar-refractivity contribution < 1.29 is 14.4 Å². The monoisotopic (exact) mass is 405 g/mol. The Balaban J connectivity index is 1.39. The molecule has 2 aromatic rings. The van der Waals surface area contributed by atoms with E-state index in [-0.39, 0.29) is 30.7 Å². The zero-order chi connectivity index (χ0) is 21.3. The molecule has 2 heterocycles. The Hall–Kier alpha value is -3.15. The predicted molar refractivity (Wildman–Crippen MR) is 115 cm³/mol. The molecule has 0 bridgehead atoms. The summed E-state index contributed by atoms with van der Waals surface area (Å²) < 4.78 is 0. The molecule has 2 aliphatic rings. The van der Waals surface area contributed by atoms with Crippen molar-refractivity contribution in [2.24, 2.45) is 0 Å². The van der Waals surface area contributed by atoms with E-state index >= 15 is 0 Å². The first-order valence-electron chi connectivity index (χ1n) is 10.4. The van der Waals surface area contributed by atoms with Gasteiger partial charge >= 0.3 is 0 Å². The molecule has 0 spiro atoms. The molecule has 0 aromatic heterocycles. The number of piperazine rings is 1. The normalized spacial score (nSPS) is 22.0. The van der Waals surface area contributed by atoms with E-state index in [0.29, 0.717) is 13.1 Å². The molecule has 30 heavy (non-hydrogen) atoms. The van der Waals surface area contributed by atoms with Crippen LogP contribution in [0, 0.1) is 6.92 Å². The van der Waals surface area contributed by atoms with Crippen LogP contribution in [0.3, 0.4) is 0 Å². The van der Waals surface area contributed by atoms with E-state index in [1.54, 1.807) is 11.8 Å². The topological polar surface area (TPSA) is 60.9 Å². The highest BCUT2D eigenvalue weighted by Crippen LogP contribution is 2.36. The van der Waals surface area contributed by atoms with Crippen molar-refractivity contribution in [3.8, 4) is 0 Å². The van der Waals surface area contributed by atoms with Gasteiger partial charge in [0.2, 0.25) is 17.7 Å². The number of amides is 3. The Morgan fingerprint density at radius 1 is 0.967 bits per heavy atom. The number of benzene rings is 2. The molecule has 2 saturated heterocycles. The largest absolute Gasteiger partial charge is 0.368 e. The van der Waals surface area contributed by atoms with Crippen LogP contribution in [0.4, 0.5) is 5.69 Å². The minimum atomic E-state index is -0.900. The minimum Gasteiger partial charge on any atom is -0.368 e. The van der Waals surface area contributed by atoms with Crippen LogP contribution in [0.15, 0.2) is 54.6 Å². The second-order valence-corrected chi connectivity index (χ2v) is 8.37. The molecule has 1 unspecified atom stereocenters. The number of carbonyl (C=O) groups excluding carboxylic acids is 3. The molecule has 2 fully saturated rings. The molecule has 156 valence electrons.